The van der Waals surface area contributed by atoms with E-state index in [4.69, 9.17) is 9.57 Å². The number of ether oxygens (including phenoxy) is 1. The predicted molar refractivity (Wildman–Crippen MR) is 65.0 cm³/mol. The van der Waals surface area contributed by atoms with Crippen molar-refractivity contribution < 1.29 is 9.57 Å². The van der Waals surface area contributed by atoms with Gasteiger partial charge in [-0.3, -0.25) is 0 Å². The van der Waals surface area contributed by atoms with Gasteiger partial charge in [0, 0.05) is 31.7 Å². The van der Waals surface area contributed by atoms with E-state index in [9.17, 15) is 0 Å². The molecule has 2 saturated heterocycles. The van der Waals surface area contributed by atoms with Gasteiger partial charge >= 0.3 is 0 Å². The fourth-order valence-corrected chi connectivity index (χ4v) is 2.94. The van der Waals surface area contributed by atoms with Gasteiger partial charge in [-0.1, -0.05) is 5.16 Å². The molecule has 0 spiro atoms. The Morgan fingerprint density at radius 2 is 2.18 bits per heavy atom. The summed E-state index contributed by atoms with van der Waals surface area (Å²) < 4.78 is 5.55. The average Bonchev–Trinajstić information content (AvgIpc) is 2.95. The van der Waals surface area contributed by atoms with E-state index < -0.39 is 0 Å². The first kappa shape index (κ1) is 11.3. The van der Waals surface area contributed by atoms with Crippen LogP contribution in [0.5, 0.6) is 0 Å². The maximum atomic E-state index is 5.55. The molecule has 2 atom stereocenters. The summed E-state index contributed by atoms with van der Waals surface area (Å²) in [5, 5.41) is 7.47. The van der Waals surface area contributed by atoms with Crippen LogP contribution in [0.3, 0.4) is 0 Å². The summed E-state index contributed by atoms with van der Waals surface area (Å²) in [7, 11) is 0. The number of piperazine rings is 1. The Morgan fingerprint density at radius 1 is 1.35 bits per heavy atom. The molecule has 5 heteroatoms. The molecule has 0 aromatic heterocycles. The highest BCUT2D eigenvalue weighted by molar-refractivity contribution is 5.76. The Balaban J connectivity index is 1.32. The van der Waals surface area contributed by atoms with E-state index in [0.29, 0.717) is 6.61 Å². The van der Waals surface area contributed by atoms with Gasteiger partial charge in [0.15, 0.2) is 0 Å². The molecule has 3 aliphatic rings. The zero-order chi connectivity index (χ0) is 11.5. The van der Waals surface area contributed by atoms with Gasteiger partial charge in [-0.15, -0.1) is 0 Å². The van der Waals surface area contributed by atoms with Crippen LogP contribution in [-0.2, 0) is 9.57 Å². The third-order valence-corrected chi connectivity index (χ3v) is 3.75. The van der Waals surface area contributed by atoms with E-state index >= 15 is 0 Å². The van der Waals surface area contributed by atoms with Gasteiger partial charge in [0.1, 0.15) is 6.61 Å². The minimum Gasteiger partial charge on any atom is -0.479 e. The second kappa shape index (κ2) is 5.23. The standard InChI is InChI=1S/C12H21N3O2/c1(6-16-12-4-7-17-14-12)5-15-8-10-2-3-11(9-15)13-10/h10-11,13H,1-9H2/t10-,11+. The van der Waals surface area contributed by atoms with Crippen LogP contribution in [0.1, 0.15) is 25.7 Å². The maximum Gasteiger partial charge on any atom is 0.229 e. The summed E-state index contributed by atoms with van der Waals surface area (Å²) in [5.74, 6) is 0.769. The lowest BCUT2D eigenvalue weighted by Crippen LogP contribution is -2.51. The van der Waals surface area contributed by atoms with Gasteiger partial charge in [-0.25, -0.2) is 0 Å². The number of likely N-dealkylation sites (tertiary alicyclic amines) is 1. The molecule has 2 bridgehead atoms. The van der Waals surface area contributed by atoms with Crippen LogP contribution >= 0.6 is 0 Å². The van der Waals surface area contributed by atoms with E-state index in [1.54, 1.807) is 0 Å². The van der Waals surface area contributed by atoms with Crippen LogP contribution < -0.4 is 5.32 Å². The molecule has 0 aromatic carbocycles. The number of nitrogens with zero attached hydrogens (tertiary/aromatic N) is 2. The fraction of sp³-hybridized carbons (Fsp3) is 0.917. The summed E-state index contributed by atoms with van der Waals surface area (Å²) in [6.45, 7) is 5.00. The molecule has 0 aromatic rings. The third-order valence-electron chi connectivity index (χ3n) is 3.75. The molecule has 96 valence electrons. The van der Waals surface area contributed by atoms with Crippen molar-refractivity contribution in [3.8, 4) is 0 Å². The number of hydrogen-bond donors (Lipinski definition) is 1. The fourth-order valence-electron chi connectivity index (χ4n) is 2.94. The minimum absolute atomic E-state index is 0.677. The molecule has 5 nitrogen and oxygen atoms in total. The SMILES string of the molecule is C(COC1=NOCC1)CN1C[C@H]2CC[C@@H](C1)N2. The molecule has 1 N–H and O–H groups in total. The lowest BCUT2D eigenvalue weighted by molar-refractivity contribution is 0.167. The van der Waals surface area contributed by atoms with E-state index in [1.807, 2.05) is 0 Å². The van der Waals surface area contributed by atoms with Gasteiger partial charge in [0.2, 0.25) is 5.90 Å². The zero-order valence-electron chi connectivity index (χ0n) is 10.2. The molecule has 0 aliphatic carbocycles. The van der Waals surface area contributed by atoms with Gasteiger partial charge in [0.25, 0.3) is 0 Å². The summed E-state index contributed by atoms with van der Waals surface area (Å²) in [6, 6.07) is 1.48. The van der Waals surface area contributed by atoms with Crippen molar-refractivity contribution in [2.75, 3.05) is 32.8 Å². The predicted octanol–water partition coefficient (Wildman–Crippen LogP) is 0.563. The molecule has 0 unspecified atom stereocenters. The molecule has 0 radical (unpaired) electrons. The topological polar surface area (TPSA) is 46.1 Å². The molecule has 3 aliphatic heterocycles. The Labute approximate surface area is 102 Å². The molecule has 0 saturated carbocycles. The first-order valence-corrected chi connectivity index (χ1v) is 6.70. The Hall–Kier alpha value is -0.810. The van der Waals surface area contributed by atoms with Crippen molar-refractivity contribution in [1.29, 1.82) is 0 Å². The highest BCUT2D eigenvalue weighted by atomic mass is 16.7. The van der Waals surface area contributed by atoms with Crippen molar-refractivity contribution in [2.45, 2.75) is 37.8 Å². The van der Waals surface area contributed by atoms with Crippen LogP contribution in [0, 0.1) is 0 Å². The second-order valence-electron chi connectivity index (χ2n) is 5.17. The van der Waals surface area contributed by atoms with Crippen molar-refractivity contribution >= 4 is 5.90 Å². The summed E-state index contributed by atoms with van der Waals surface area (Å²) in [6.07, 6.45) is 4.62. The molecule has 0 amide bonds. The molecular weight excluding hydrogens is 218 g/mol. The third kappa shape index (κ3) is 2.90. The van der Waals surface area contributed by atoms with Crippen LogP contribution in [0.4, 0.5) is 0 Å². The van der Waals surface area contributed by atoms with Crippen LogP contribution in [0.15, 0.2) is 5.16 Å². The van der Waals surface area contributed by atoms with E-state index in [2.05, 4.69) is 15.4 Å². The molecule has 3 rings (SSSR count). The first-order chi connectivity index (χ1) is 8.40. The van der Waals surface area contributed by atoms with E-state index in [1.165, 1.54) is 25.9 Å². The number of rotatable bonds is 4. The Morgan fingerprint density at radius 3 is 2.88 bits per heavy atom. The zero-order valence-corrected chi connectivity index (χ0v) is 10.2. The first-order valence-electron chi connectivity index (χ1n) is 6.70. The molecule has 2 fully saturated rings. The molecule has 3 heterocycles. The average molecular weight is 239 g/mol. The van der Waals surface area contributed by atoms with Gasteiger partial charge in [-0.2, -0.15) is 0 Å². The quantitative estimate of drug-likeness (QED) is 0.728. The second-order valence-corrected chi connectivity index (χ2v) is 5.17. The minimum atomic E-state index is 0.677. The van der Waals surface area contributed by atoms with Gasteiger partial charge in [0.05, 0.1) is 13.0 Å². The van der Waals surface area contributed by atoms with Crippen molar-refractivity contribution in [1.82, 2.24) is 10.2 Å². The normalized spacial score (nSPS) is 32.4. The number of hydrogen-bond acceptors (Lipinski definition) is 5. The molecule has 17 heavy (non-hydrogen) atoms. The Kier molecular flexibility index (Phi) is 3.47. The number of oxime groups is 1. The van der Waals surface area contributed by atoms with Crippen LogP contribution in [-0.4, -0.2) is 55.7 Å². The monoisotopic (exact) mass is 239 g/mol. The van der Waals surface area contributed by atoms with Crippen LogP contribution in [0.25, 0.3) is 0 Å². The smallest absolute Gasteiger partial charge is 0.229 e. The maximum absolute atomic E-state index is 5.55. The van der Waals surface area contributed by atoms with Crippen LogP contribution in [0.2, 0.25) is 0 Å². The highest BCUT2D eigenvalue weighted by Gasteiger charge is 2.31. The number of nitrogens with one attached hydrogen (secondary N) is 1. The van der Waals surface area contributed by atoms with E-state index in [0.717, 1.165) is 44.0 Å². The van der Waals surface area contributed by atoms with Gasteiger partial charge < -0.3 is 19.8 Å². The van der Waals surface area contributed by atoms with E-state index in [-0.39, 0.29) is 0 Å². The highest BCUT2D eigenvalue weighted by Crippen LogP contribution is 2.19. The summed E-state index contributed by atoms with van der Waals surface area (Å²) in [4.78, 5) is 7.45. The summed E-state index contributed by atoms with van der Waals surface area (Å²) in [5.41, 5.74) is 0. The lowest BCUT2D eigenvalue weighted by Gasteiger charge is -2.32. The van der Waals surface area contributed by atoms with Crippen molar-refractivity contribution in [3.63, 3.8) is 0 Å². The van der Waals surface area contributed by atoms with Crippen molar-refractivity contribution in [2.24, 2.45) is 5.16 Å². The van der Waals surface area contributed by atoms with Gasteiger partial charge in [-0.05, 0) is 19.3 Å². The Bertz CT molecular complexity index is 283. The largest absolute Gasteiger partial charge is 0.479 e. The summed E-state index contributed by atoms with van der Waals surface area (Å²) >= 11 is 0. The molecular formula is C12H21N3O2. The number of fused-ring (bicyclic) bond motifs is 2. The van der Waals surface area contributed by atoms with Crippen molar-refractivity contribution in [3.05, 3.63) is 0 Å². The lowest BCUT2D eigenvalue weighted by atomic mass is 10.2.